The topological polar surface area (TPSA) is 102 Å². The molecule has 4 aromatic rings. The number of carbonyl (C=O) groups excluding carboxylic acids is 1. The highest BCUT2D eigenvalue weighted by molar-refractivity contribution is 6.01. The Balaban J connectivity index is 1.43. The van der Waals surface area contributed by atoms with Gasteiger partial charge >= 0.3 is 0 Å². The van der Waals surface area contributed by atoms with Gasteiger partial charge in [0, 0.05) is 57.3 Å². The zero-order valence-electron chi connectivity index (χ0n) is 21.7. The summed E-state index contributed by atoms with van der Waals surface area (Å²) in [5.74, 6) is 1.15. The number of piperidine rings is 1. The van der Waals surface area contributed by atoms with Gasteiger partial charge in [0.1, 0.15) is 17.4 Å². The number of aliphatic hydroxyl groups is 1. The summed E-state index contributed by atoms with van der Waals surface area (Å²) in [6.45, 7) is 3.15. The number of para-hydroxylation sites is 1. The molecule has 2 aromatic carbocycles. The summed E-state index contributed by atoms with van der Waals surface area (Å²) >= 11 is 0. The van der Waals surface area contributed by atoms with Crippen molar-refractivity contribution in [3.63, 3.8) is 0 Å². The second-order valence-electron chi connectivity index (χ2n) is 10.2. The van der Waals surface area contributed by atoms with Crippen LogP contribution >= 0.6 is 0 Å². The molecule has 2 aromatic heterocycles. The van der Waals surface area contributed by atoms with E-state index in [4.69, 9.17) is 15.5 Å². The number of fused-ring (bicyclic) bond motifs is 1. The third-order valence-corrected chi connectivity index (χ3v) is 7.91. The summed E-state index contributed by atoms with van der Waals surface area (Å²) in [5, 5.41) is 10.5. The number of aryl methyl sites for hydroxylation is 1. The molecule has 38 heavy (non-hydrogen) atoms. The van der Waals surface area contributed by atoms with Gasteiger partial charge in [-0.3, -0.25) is 4.79 Å². The molecule has 1 amide bonds. The Bertz CT molecular complexity index is 1530. The number of hydrogen-bond acceptors (Lipinski definition) is 6. The third-order valence-electron chi connectivity index (χ3n) is 7.91. The molecular formula is C28H33FN6O3. The summed E-state index contributed by atoms with van der Waals surface area (Å²) in [6.07, 6.45) is -0.118. The average Bonchev–Trinajstić information content (AvgIpc) is 3.47. The standard InChI is InChI=1S/C28H33FN6O3/c1-32-26-21(13-18(15-24(26)38-2)28(37)34-9-7-19(29)20(30)16-34)31-27(32)23-14-17-5-3-6-22-25(17)35(23)11-10-33(22)8-4-12-36/h3,5-6,13-15,19-20,36H,4,7-12,16,30H2,1-2H3/t19-,20+/m1/s1. The van der Waals surface area contributed by atoms with E-state index in [1.807, 2.05) is 11.6 Å². The van der Waals surface area contributed by atoms with Crippen molar-refractivity contribution < 1.29 is 19.0 Å². The summed E-state index contributed by atoms with van der Waals surface area (Å²) in [7, 11) is 3.55. The molecular weight excluding hydrogens is 487 g/mol. The minimum atomic E-state index is -1.09. The van der Waals surface area contributed by atoms with Crippen LogP contribution in [0.25, 0.3) is 33.5 Å². The minimum absolute atomic E-state index is 0.172. The number of nitrogens with zero attached hydrogens (tertiary/aromatic N) is 5. The van der Waals surface area contributed by atoms with Crippen molar-refractivity contribution in [2.75, 3.05) is 44.8 Å². The number of carbonyl (C=O) groups is 1. The van der Waals surface area contributed by atoms with E-state index in [0.717, 1.165) is 59.7 Å². The number of benzene rings is 2. The summed E-state index contributed by atoms with van der Waals surface area (Å²) in [5.41, 5.74) is 11.1. The van der Waals surface area contributed by atoms with Gasteiger partial charge in [0.2, 0.25) is 0 Å². The maximum atomic E-state index is 13.9. The Kier molecular flexibility index (Phi) is 6.23. The van der Waals surface area contributed by atoms with Crippen LogP contribution in [-0.2, 0) is 13.6 Å². The highest BCUT2D eigenvalue weighted by Crippen LogP contribution is 2.39. The number of amides is 1. The van der Waals surface area contributed by atoms with Gasteiger partial charge in [0.05, 0.1) is 35.6 Å². The van der Waals surface area contributed by atoms with Gasteiger partial charge in [-0.15, -0.1) is 0 Å². The Morgan fingerprint density at radius 3 is 2.82 bits per heavy atom. The van der Waals surface area contributed by atoms with Crippen LogP contribution in [0.5, 0.6) is 5.75 Å². The summed E-state index contributed by atoms with van der Waals surface area (Å²) in [4.78, 5) is 22.3. The molecule has 2 atom stereocenters. The van der Waals surface area contributed by atoms with Crippen molar-refractivity contribution >= 4 is 33.5 Å². The predicted molar refractivity (Wildman–Crippen MR) is 146 cm³/mol. The van der Waals surface area contributed by atoms with Crippen LogP contribution in [0.4, 0.5) is 10.1 Å². The number of alkyl halides is 1. The fraction of sp³-hybridized carbons (Fsp3) is 0.429. The first-order valence-corrected chi connectivity index (χ1v) is 13.1. The Hall–Kier alpha value is -3.63. The molecule has 200 valence electrons. The molecule has 3 N–H and O–H groups in total. The molecule has 1 fully saturated rings. The number of anilines is 1. The van der Waals surface area contributed by atoms with Crippen LogP contribution in [0, 0.1) is 0 Å². The second kappa shape index (κ2) is 9.59. The number of nitrogens with two attached hydrogens (primary N) is 1. The summed E-state index contributed by atoms with van der Waals surface area (Å²) in [6, 6.07) is 11.3. The zero-order valence-corrected chi connectivity index (χ0v) is 21.7. The van der Waals surface area contributed by atoms with Crippen molar-refractivity contribution in [1.82, 2.24) is 19.0 Å². The van der Waals surface area contributed by atoms with Gasteiger partial charge < -0.3 is 34.5 Å². The Labute approximate surface area is 220 Å². The SMILES string of the molecule is COc1cc(C(=O)N2CC[C@@H](F)[C@@H](N)C2)cc2nc(-c3cc4cccc5c4n3CCN5CCCO)n(C)c12. The molecule has 2 aliphatic rings. The Morgan fingerprint density at radius 1 is 1.21 bits per heavy atom. The number of rotatable bonds is 6. The molecule has 0 spiro atoms. The van der Waals surface area contributed by atoms with E-state index < -0.39 is 12.2 Å². The molecule has 6 rings (SSSR count). The zero-order chi connectivity index (χ0) is 26.6. The molecule has 2 aliphatic heterocycles. The summed E-state index contributed by atoms with van der Waals surface area (Å²) < 4.78 is 23.9. The molecule has 0 bridgehead atoms. The lowest BCUT2D eigenvalue weighted by molar-refractivity contribution is 0.0630. The highest BCUT2D eigenvalue weighted by atomic mass is 19.1. The molecule has 1 saturated heterocycles. The Morgan fingerprint density at radius 2 is 2.05 bits per heavy atom. The number of methoxy groups -OCH3 is 1. The maximum Gasteiger partial charge on any atom is 0.254 e. The van der Waals surface area contributed by atoms with Crippen LogP contribution in [0.15, 0.2) is 36.4 Å². The molecule has 10 heteroatoms. The number of likely N-dealkylation sites (tertiary alicyclic amines) is 1. The number of ether oxygens (including phenoxy) is 1. The van der Waals surface area contributed by atoms with E-state index in [1.165, 1.54) is 0 Å². The van der Waals surface area contributed by atoms with Crippen molar-refractivity contribution in [2.45, 2.75) is 31.6 Å². The van der Waals surface area contributed by atoms with Gasteiger partial charge in [-0.1, -0.05) is 12.1 Å². The molecule has 4 heterocycles. The number of hydrogen-bond donors (Lipinski definition) is 2. The number of aliphatic hydroxyl groups excluding tert-OH is 1. The van der Waals surface area contributed by atoms with Gasteiger partial charge in [0.15, 0.2) is 5.82 Å². The molecule has 0 unspecified atom stereocenters. The largest absolute Gasteiger partial charge is 0.494 e. The van der Waals surface area contributed by atoms with Gasteiger partial charge in [-0.2, -0.15) is 0 Å². The molecule has 0 saturated carbocycles. The van der Waals surface area contributed by atoms with E-state index in [1.54, 1.807) is 24.1 Å². The first-order chi connectivity index (χ1) is 18.4. The first kappa shape index (κ1) is 24.7. The molecule has 9 nitrogen and oxygen atoms in total. The quantitative estimate of drug-likeness (QED) is 0.406. The second-order valence-corrected chi connectivity index (χ2v) is 10.2. The molecule has 0 radical (unpaired) electrons. The number of imidazole rings is 1. The van der Waals surface area contributed by atoms with E-state index in [0.29, 0.717) is 23.4 Å². The normalized spacial score (nSPS) is 19.5. The monoisotopic (exact) mass is 520 g/mol. The smallest absolute Gasteiger partial charge is 0.254 e. The van der Waals surface area contributed by atoms with Crippen molar-refractivity contribution in [1.29, 1.82) is 0 Å². The van der Waals surface area contributed by atoms with Gasteiger partial charge in [-0.05, 0) is 37.1 Å². The van der Waals surface area contributed by atoms with Crippen LogP contribution in [0.1, 0.15) is 23.2 Å². The van der Waals surface area contributed by atoms with Crippen LogP contribution in [-0.4, -0.2) is 82.1 Å². The van der Waals surface area contributed by atoms with Gasteiger partial charge in [0.25, 0.3) is 5.91 Å². The fourth-order valence-electron chi connectivity index (χ4n) is 5.95. The van der Waals surface area contributed by atoms with Gasteiger partial charge in [-0.25, -0.2) is 9.37 Å². The van der Waals surface area contributed by atoms with E-state index in [9.17, 15) is 14.3 Å². The van der Waals surface area contributed by atoms with E-state index in [2.05, 4.69) is 33.7 Å². The lowest BCUT2D eigenvalue weighted by Gasteiger charge is -2.33. The van der Waals surface area contributed by atoms with Crippen LogP contribution < -0.4 is 15.4 Å². The van der Waals surface area contributed by atoms with Crippen molar-refractivity contribution in [3.05, 3.63) is 42.0 Å². The van der Waals surface area contributed by atoms with Crippen molar-refractivity contribution in [2.24, 2.45) is 12.8 Å². The first-order valence-electron chi connectivity index (χ1n) is 13.1. The number of aromatic nitrogens is 3. The van der Waals surface area contributed by atoms with E-state index >= 15 is 0 Å². The fourth-order valence-corrected chi connectivity index (χ4v) is 5.95. The lowest BCUT2D eigenvalue weighted by Crippen LogP contribution is -2.51. The average molecular weight is 521 g/mol. The highest BCUT2D eigenvalue weighted by Gasteiger charge is 2.31. The molecule has 0 aliphatic carbocycles. The van der Waals surface area contributed by atoms with E-state index in [-0.39, 0.29) is 25.5 Å². The predicted octanol–water partition coefficient (Wildman–Crippen LogP) is 2.92. The lowest BCUT2D eigenvalue weighted by atomic mass is 10.0. The number of halogens is 1. The van der Waals surface area contributed by atoms with Crippen molar-refractivity contribution in [3.8, 4) is 17.3 Å². The van der Waals surface area contributed by atoms with Crippen LogP contribution in [0.2, 0.25) is 0 Å². The minimum Gasteiger partial charge on any atom is -0.494 e. The maximum absolute atomic E-state index is 13.9. The third kappa shape index (κ3) is 3.90. The van der Waals surface area contributed by atoms with Crippen LogP contribution in [0.3, 0.4) is 0 Å².